The summed E-state index contributed by atoms with van der Waals surface area (Å²) in [5.41, 5.74) is 1.56. The van der Waals surface area contributed by atoms with Crippen LogP contribution in [0.15, 0.2) is 58.0 Å². The van der Waals surface area contributed by atoms with Gasteiger partial charge in [-0.2, -0.15) is 0 Å². The van der Waals surface area contributed by atoms with E-state index in [1.807, 2.05) is 30.3 Å². The Balaban J connectivity index is 1.81. The molecule has 1 aromatic heterocycles. The SMILES string of the molecule is O=C1S/C(=C\c2ccccn2)C(=O)N1Cc1cccc(Br)c1. The molecule has 2 heterocycles. The van der Waals surface area contributed by atoms with Crippen molar-refractivity contribution < 1.29 is 9.59 Å². The first-order valence-corrected chi connectivity index (χ1v) is 8.15. The zero-order valence-electron chi connectivity index (χ0n) is 11.4. The minimum atomic E-state index is -0.277. The van der Waals surface area contributed by atoms with E-state index in [1.54, 1.807) is 24.4 Å². The van der Waals surface area contributed by atoms with Gasteiger partial charge in [0.05, 0.1) is 17.1 Å². The van der Waals surface area contributed by atoms with Gasteiger partial charge in [-0.25, -0.2) is 0 Å². The van der Waals surface area contributed by atoms with E-state index in [0.29, 0.717) is 10.6 Å². The highest BCUT2D eigenvalue weighted by Gasteiger charge is 2.35. The molecule has 0 saturated carbocycles. The molecule has 0 aliphatic carbocycles. The lowest BCUT2D eigenvalue weighted by Crippen LogP contribution is -2.27. The summed E-state index contributed by atoms with van der Waals surface area (Å²) in [6.45, 7) is 0.268. The van der Waals surface area contributed by atoms with E-state index in [0.717, 1.165) is 21.8 Å². The standard InChI is InChI=1S/C16H11BrN2O2S/c17-12-5-3-4-11(8-12)10-19-15(20)14(22-16(19)21)9-13-6-1-2-7-18-13/h1-9H,10H2/b14-9-. The number of amides is 2. The Hall–Kier alpha value is -1.92. The number of rotatable bonds is 3. The van der Waals surface area contributed by atoms with Crippen molar-refractivity contribution in [2.24, 2.45) is 0 Å². The molecule has 0 N–H and O–H groups in total. The Labute approximate surface area is 140 Å². The number of thioether (sulfide) groups is 1. The van der Waals surface area contributed by atoms with E-state index in [9.17, 15) is 9.59 Å². The van der Waals surface area contributed by atoms with Crippen LogP contribution in [0.4, 0.5) is 4.79 Å². The second kappa shape index (κ2) is 6.46. The number of halogens is 1. The topological polar surface area (TPSA) is 50.3 Å². The highest BCUT2D eigenvalue weighted by atomic mass is 79.9. The molecule has 1 aliphatic heterocycles. The normalized spacial score (nSPS) is 16.6. The zero-order valence-corrected chi connectivity index (χ0v) is 13.8. The average molecular weight is 375 g/mol. The number of nitrogens with zero attached hydrogens (tertiary/aromatic N) is 2. The molecule has 0 bridgehead atoms. The molecule has 110 valence electrons. The molecule has 6 heteroatoms. The van der Waals surface area contributed by atoms with Crippen LogP contribution in [0.2, 0.25) is 0 Å². The van der Waals surface area contributed by atoms with Gasteiger partial charge in [0.25, 0.3) is 11.1 Å². The van der Waals surface area contributed by atoms with Crippen LogP contribution in [0.3, 0.4) is 0 Å². The van der Waals surface area contributed by atoms with Crippen molar-refractivity contribution in [3.63, 3.8) is 0 Å². The number of carbonyl (C=O) groups excluding carboxylic acids is 2. The molecule has 0 unspecified atom stereocenters. The van der Waals surface area contributed by atoms with Gasteiger partial charge in [0.2, 0.25) is 0 Å². The van der Waals surface area contributed by atoms with Gasteiger partial charge in [0.1, 0.15) is 0 Å². The van der Waals surface area contributed by atoms with Gasteiger partial charge in [0.15, 0.2) is 0 Å². The fourth-order valence-corrected chi connectivity index (χ4v) is 3.32. The third kappa shape index (κ3) is 3.28. The van der Waals surface area contributed by atoms with Crippen molar-refractivity contribution in [3.05, 3.63) is 69.3 Å². The summed E-state index contributed by atoms with van der Waals surface area (Å²) in [4.78, 5) is 30.3. The quantitative estimate of drug-likeness (QED) is 0.759. The van der Waals surface area contributed by atoms with Gasteiger partial charge in [-0.15, -0.1) is 0 Å². The highest BCUT2D eigenvalue weighted by molar-refractivity contribution is 9.10. The third-order valence-electron chi connectivity index (χ3n) is 3.07. The summed E-state index contributed by atoms with van der Waals surface area (Å²) in [5, 5.41) is -0.257. The predicted molar refractivity (Wildman–Crippen MR) is 89.9 cm³/mol. The molecule has 1 aromatic carbocycles. The molecule has 0 spiro atoms. The van der Waals surface area contributed by atoms with Crippen molar-refractivity contribution in [1.29, 1.82) is 0 Å². The number of benzene rings is 1. The largest absolute Gasteiger partial charge is 0.293 e. The molecule has 1 aliphatic rings. The van der Waals surface area contributed by atoms with E-state index in [4.69, 9.17) is 0 Å². The Morgan fingerprint density at radius 2 is 2.05 bits per heavy atom. The summed E-state index contributed by atoms with van der Waals surface area (Å²) < 4.78 is 0.918. The van der Waals surface area contributed by atoms with E-state index >= 15 is 0 Å². The summed E-state index contributed by atoms with van der Waals surface area (Å²) in [5.74, 6) is -0.277. The lowest BCUT2D eigenvalue weighted by atomic mass is 10.2. The summed E-state index contributed by atoms with van der Waals surface area (Å²) in [6.07, 6.45) is 3.30. The summed E-state index contributed by atoms with van der Waals surface area (Å²) >= 11 is 4.33. The maximum atomic E-state index is 12.4. The van der Waals surface area contributed by atoms with Crippen LogP contribution < -0.4 is 0 Å². The minimum absolute atomic E-state index is 0.257. The van der Waals surface area contributed by atoms with E-state index in [-0.39, 0.29) is 17.7 Å². The second-order valence-electron chi connectivity index (χ2n) is 4.65. The molecule has 3 rings (SSSR count). The van der Waals surface area contributed by atoms with Crippen molar-refractivity contribution in [2.45, 2.75) is 6.54 Å². The van der Waals surface area contributed by atoms with Crippen LogP contribution in [-0.4, -0.2) is 21.0 Å². The first-order chi connectivity index (χ1) is 10.6. The van der Waals surface area contributed by atoms with Crippen LogP contribution in [0.1, 0.15) is 11.3 Å². The minimum Gasteiger partial charge on any atom is -0.268 e. The van der Waals surface area contributed by atoms with Crippen LogP contribution in [0.5, 0.6) is 0 Å². The molecular formula is C16H11BrN2O2S. The fourth-order valence-electron chi connectivity index (χ4n) is 2.05. The number of hydrogen-bond donors (Lipinski definition) is 0. The van der Waals surface area contributed by atoms with Gasteiger partial charge >= 0.3 is 0 Å². The monoisotopic (exact) mass is 374 g/mol. The number of pyridine rings is 1. The van der Waals surface area contributed by atoms with Gasteiger partial charge < -0.3 is 0 Å². The highest BCUT2D eigenvalue weighted by Crippen LogP contribution is 2.33. The van der Waals surface area contributed by atoms with Gasteiger partial charge in [-0.05, 0) is 47.7 Å². The smallest absolute Gasteiger partial charge is 0.268 e. The maximum Gasteiger partial charge on any atom is 0.293 e. The van der Waals surface area contributed by atoms with Crippen LogP contribution in [-0.2, 0) is 11.3 Å². The van der Waals surface area contributed by atoms with E-state index in [1.165, 1.54) is 4.90 Å². The van der Waals surface area contributed by atoms with Crippen LogP contribution in [0.25, 0.3) is 6.08 Å². The molecule has 2 aromatic rings. The second-order valence-corrected chi connectivity index (χ2v) is 6.56. The van der Waals surface area contributed by atoms with Crippen LogP contribution >= 0.6 is 27.7 Å². The molecule has 1 fully saturated rings. The Morgan fingerprint density at radius 3 is 2.77 bits per heavy atom. The van der Waals surface area contributed by atoms with E-state index in [2.05, 4.69) is 20.9 Å². The molecule has 4 nitrogen and oxygen atoms in total. The number of hydrogen-bond acceptors (Lipinski definition) is 4. The first-order valence-electron chi connectivity index (χ1n) is 6.54. The number of imide groups is 1. The summed E-state index contributed by atoms with van der Waals surface area (Å²) in [6, 6.07) is 13.0. The predicted octanol–water partition coefficient (Wildman–Crippen LogP) is 4.08. The van der Waals surface area contributed by atoms with Gasteiger partial charge in [-0.3, -0.25) is 19.5 Å². The molecular weight excluding hydrogens is 364 g/mol. The number of aromatic nitrogens is 1. The third-order valence-corrected chi connectivity index (χ3v) is 4.47. The molecule has 1 saturated heterocycles. The molecule has 0 atom stereocenters. The first kappa shape index (κ1) is 15.0. The van der Waals surface area contributed by atoms with Gasteiger partial charge in [0, 0.05) is 10.7 Å². The summed E-state index contributed by atoms with van der Waals surface area (Å²) in [7, 11) is 0. The average Bonchev–Trinajstić information content (AvgIpc) is 2.76. The Kier molecular flexibility index (Phi) is 4.40. The van der Waals surface area contributed by atoms with E-state index < -0.39 is 0 Å². The van der Waals surface area contributed by atoms with Crippen molar-refractivity contribution in [3.8, 4) is 0 Å². The Morgan fingerprint density at radius 1 is 1.18 bits per heavy atom. The fraction of sp³-hybridized carbons (Fsp3) is 0.0625. The Bertz CT molecular complexity index is 762. The number of carbonyl (C=O) groups is 2. The zero-order chi connectivity index (χ0) is 15.5. The lowest BCUT2D eigenvalue weighted by molar-refractivity contribution is -0.123. The molecule has 22 heavy (non-hydrogen) atoms. The van der Waals surface area contributed by atoms with Crippen molar-refractivity contribution in [2.75, 3.05) is 0 Å². The maximum absolute atomic E-state index is 12.4. The van der Waals surface area contributed by atoms with Crippen molar-refractivity contribution >= 4 is 44.9 Å². The molecule has 0 radical (unpaired) electrons. The van der Waals surface area contributed by atoms with Gasteiger partial charge in [-0.1, -0.05) is 34.1 Å². The van der Waals surface area contributed by atoms with Crippen LogP contribution in [0, 0.1) is 0 Å². The lowest BCUT2D eigenvalue weighted by Gasteiger charge is -2.12. The molecule has 2 amide bonds. The van der Waals surface area contributed by atoms with Crippen molar-refractivity contribution in [1.82, 2.24) is 9.88 Å².